The molecular weight excluding hydrogens is 544 g/mol. The number of Topliss-reactive ketones (excluding diaryl/α,β-unsaturated/α-hetero) is 2. The zero-order chi connectivity index (χ0) is 31.0. The van der Waals surface area contributed by atoms with Gasteiger partial charge in [-0.2, -0.15) is 0 Å². The van der Waals surface area contributed by atoms with Gasteiger partial charge in [-0.1, -0.05) is 0 Å². The quantitative estimate of drug-likeness (QED) is 0.301. The Labute approximate surface area is 243 Å². The van der Waals surface area contributed by atoms with E-state index in [1.165, 1.54) is 4.90 Å². The van der Waals surface area contributed by atoms with Crippen LogP contribution in [0, 0.1) is 11.8 Å². The molecule has 1 heterocycles. The summed E-state index contributed by atoms with van der Waals surface area (Å²) in [4.78, 5) is 45.3. The summed E-state index contributed by atoms with van der Waals surface area (Å²) in [5.41, 5.74) is 3.21. The van der Waals surface area contributed by atoms with Crippen LogP contribution in [0.1, 0.15) is 34.3 Å². The van der Waals surface area contributed by atoms with Crippen molar-refractivity contribution in [3.63, 3.8) is 0 Å². The van der Waals surface area contributed by atoms with Crippen molar-refractivity contribution < 1.29 is 39.5 Å². The molecule has 1 aliphatic heterocycles. The van der Waals surface area contributed by atoms with Gasteiger partial charge >= 0.3 is 0 Å². The topological polar surface area (TPSA) is 177 Å². The van der Waals surface area contributed by atoms with Crippen molar-refractivity contribution in [3.05, 3.63) is 51.5 Å². The molecular formula is C30H38N4O8. The molecule has 12 nitrogen and oxygen atoms in total. The van der Waals surface area contributed by atoms with Gasteiger partial charge in [-0.15, -0.1) is 0 Å². The second kappa shape index (κ2) is 10.1. The number of aromatic hydroxyl groups is 1. The van der Waals surface area contributed by atoms with Crippen LogP contribution < -0.4 is 10.6 Å². The molecule has 4 aliphatic rings. The van der Waals surface area contributed by atoms with E-state index in [-0.39, 0.29) is 35.8 Å². The van der Waals surface area contributed by atoms with Crippen LogP contribution in [-0.4, -0.2) is 114 Å². The number of benzene rings is 1. The zero-order valence-electron chi connectivity index (χ0n) is 24.6. The molecule has 1 aromatic carbocycles. The number of likely N-dealkylation sites (N-methyl/N-ethyl adjacent to an activating group) is 2. The third-order valence-corrected chi connectivity index (χ3v) is 8.87. The van der Waals surface area contributed by atoms with Gasteiger partial charge in [0.15, 0.2) is 11.4 Å². The first-order valence-corrected chi connectivity index (χ1v) is 13.8. The second-order valence-electron chi connectivity index (χ2n) is 12.3. The molecule has 5 atom stereocenters. The van der Waals surface area contributed by atoms with Crippen LogP contribution in [0.4, 0.5) is 5.69 Å². The van der Waals surface area contributed by atoms with Gasteiger partial charge in [0.2, 0.25) is 5.78 Å². The lowest BCUT2D eigenvalue weighted by molar-refractivity contribution is -0.148. The number of aliphatic hydroxyl groups is 3. The number of fused-ring (bicyclic) bond motifs is 3. The number of amides is 1. The molecule has 0 bridgehead atoms. The van der Waals surface area contributed by atoms with Crippen molar-refractivity contribution in [2.45, 2.75) is 37.0 Å². The molecule has 0 spiro atoms. The monoisotopic (exact) mass is 582 g/mol. The third-order valence-electron chi connectivity index (χ3n) is 8.87. The molecule has 2 unspecified atom stereocenters. The first-order valence-electron chi connectivity index (χ1n) is 13.8. The predicted molar refractivity (Wildman–Crippen MR) is 154 cm³/mol. The van der Waals surface area contributed by atoms with E-state index in [4.69, 9.17) is 10.5 Å². The Morgan fingerprint density at radius 1 is 1.12 bits per heavy atom. The lowest BCUT2D eigenvalue weighted by Crippen LogP contribution is -2.63. The summed E-state index contributed by atoms with van der Waals surface area (Å²) in [7, 11) is 10.7. The average molecular weight is 583 g/mol. The molecule has 42 heavy (non-hydrogen) atoms. The van der Waals surface area contributed by atoms with E-state index in [1.54, 1.807) is 20.2 Å². The minimum Gasteiger partial charge on any atom is -0.510 e. The van der Waals surface area contributed by atoms with E-state index in [0.29, 0.717) is 35.5 Å². The van der Waals surface area contributed by atoms with Crippen molar-refractivity contribution >= 4 is 28.9 Å². The number of aliphatic hydroxyl groups excluding tert-OH is 2. The minimum atomic E-state index is -2.68. The summed E-state index contributed by atoms with van der Waals surface area (Å²) in [5.74, 6) is -6.35. The van der Waals surface area contributed by atoms with Gasteiger partial charge in [-0.3, -0.25) is 19.3 Å². The van der Waals surface area contributed by atoms with E-state index in [1.807, 2.05) is 44.1 Å². The number of carbonyl (C=O) groups excluding carboxylic acids is 3. The Bertz CT molecular complexity index is 1490. The number of anilines is 1. The van der Waals surface area contributed by atoms with Crippen molar-refractivity contribution in [2.24, 2.45) is 17.6 Å². The van der Waals surface area contributed by atoms with Crippen molar-refractivity contribution in [3.8, 4) is 5.75 Å². The van der Waals surface area contributed by atoms with Gasteiger partial charge < -0.3 is 40.7 Å². The van der Waals surface area contributed by atoms with Crippen molar-refractivity contribution in [1.29, 1.82) is 0 Å². The Morgan fingerprint density at radius 3 is 2.36 bits per heavy atom. The van der Waals surface area contributed by atoms with Crippen LogP contribution in [0.25, 0.3) is 5.76 Å². The summed E-state index contributed by atoms with van der Waals surface area (Å²) in [6.07, 6.45) is 2.59. The third kappa shape index (κ3) is 4.19. The first-order chi connectivity index (χ1) is 19.6. The number of nitrogens with zero attached hydrogens (tertiary/aromatic N) is 3. The number of ether oxygens (including phenoxy) is 1. The fourth-order valence-electron chi connectivity index (χ4n) is 7.09. The van der Waals surface area contributed by atoms with Crippen LogP contribution in [0.15, 0.2) is 34.8 Å². The molecule has 1 aromatic rings. The number of phenolic OH excluding ortho intramolecular Hbond substituents is 1. The van der Waals surface area contributed by atoms with Crippen LogP contribution in [0.3, 0.4) is 0 Å². The zero-order valence-corrected chi connectivity index (χ0v) is 24.6. The number of primary amides is 1. The number of phenols is 1. The standard InChI is InChI=1S/C30H38N4O8/c1-32(2)12-14-7-8-19(42-14)16-11-18(33(3)4)15-9-13-10-17-23(34(5)6)26(37)22(29(31)40)28(39)30(17,41)27(38)20(13)25(36)21(15)24(16)35/h8,11,13-14,17,23,35,37-38,41H,7,9-10,12H2,1-6H3,(H2,31,40)/t13-,14?,17-,23?,30-/m0/s1. The summed E-state index contributed by atoms with van der Waals surface area (Å²) < 4.78 is 6.11. The smallest absolute Gasteiger partial charge is 0.255 e. The van der Waals surface area contributed by atoms with Gasteiger partial charge in [-0.25, -0.2) is 0 Å². The van der Waals surface area contributed by atoms with Crippen LogP contribution >= 0.6 is 0 Å². The highest BCUT2D eigenvalue weighted by Gasteiger charge is 2.63. The molecule has 6 N–H and O–H groups in total. The Morgan fingerprint density at radius 2 is 1.79 bits per heavy atom. The number of ketones is 2. The van der Waals surface area contributed by atoms with Crippen molar-refractivity contribution in [2.75, 3.05) is 53.7 Å². The van der Waals surface area contributed by atoms with E-state index in [2.05, 4.69) is 0 Å². The number of hydrogen-bond acceptors (Lipinski definition) is 11. The van der Waals surface area contributed by atoms with Gasteiger partial charge in [0.1, 0.15) is 34.7 Å². The molecule has 0 saturated heterocycles. The normalized spacial score (nSPS) is 28.9. The minimum absolute atomic E-state index is 0.0294. The van der Waals surface area contributed by atoms with E-state index in [9.17, 15) is 34.8 Å². The van der Waals surface area contributed by atoms with Crippen LogP contribution in [0.2, 0.25) is 0 Å². The number of carbonyl (C=O) groups is 3. The Hall–Kier alpha value is -3.87. The average Bonchev–Trinajstić information content (AvgIpc) is 3.33. The first kappa shape index (κ1) is 29.6. The van der Waals surface area contributed by atoms with E-state index < -0.39 is 58.0 Å². The van der Waals surface area contributed by atoms with Gasteiger partial charge in [-0.05, 0) is 64.7 Å². The number of rotatable bonds is 6. The van der Waals surface area contributed by atoms with Gasteiger partial charge in [0.25, 0.3) is 5.91 Å². The summed E-state index contributed by atoms with van der Waals surface area (Å²) in [6.45, 7) is 0.659. The fraction of sp³-hybridized carbons (Fsp3) is 0.500. The van der Waals surface area contributed by atoms with E-state index >= 15 is 0 Å². The number of nitrogens with two attached hydrogens (primary N) is 1. The molecule has 0 saturated carbocycles. The van der Waals surface area contributed by atoms with Crippen LogP contribution in [0.5, 0.6) is 5.75 Å². The lowest BCUT2D eigenvalue weighted by Gasteiger charge is -2.50. The molecule has 0 radical (unpaired) electrons. The molecule has 0 aromatic heterocycles. The lowest BCUT2D eigenvalue weighted by atomic mass is 9.58. The molecule has 12 heteroatoms. The molecule has 5 rings (SSSR count). The highest BCUT2D eigenvalue weighted by Crippen LogP contribution is 2.54. The molecule has 226 valence electrons. The summed E-state index contributed by atoms with van der Waals surface area (Å²) >= 11 is 0. The maximum atomic E-state index is 14.2. The second-order valence-corrected chi connectivity index (χ2v) is 12.3. The van der Waals surface area contributed by atoms with E-state index in [0.717, 1.165) is 0 Å². The SMILES string of the molecule is CN(C)CC1CC=C(c2cc(N(C)C)c3c(c2O)C(=O)C2=C(O)[C@]4(O)C(=O)C(C(N)=O)=C(O)C(N(C)C)[C@@H]4C[C@@H]2C3)O1. The maximum absolute atomic E-state index is 14.2. The largest absolute Gasteiger partial charge is 0.510 e. The highest BCUT2D eigenvalue weighted by atomic mass is 16.5. The Balaban J connectivity index is 1.67. The predicted octanol–water partition coefficient (Wildman–Crippen LogP) is 0.878. The fourth-order valence-corrected chi connectivity index (χ4v) is 7.09. The number of allylic oxidation sites excluding steroid dienone is 1. The molecule has 1 amide bonds. The van der Waals surface area contributed by atoms with Crippen LogP contribution in [-0.2, 0) is 20.7 Å². The highest BCUT2D eigenvalue weighted by molar-refractivity contribution is 6.25. The molecule has 0 fully saturated rings. The Kier molecular flexibility index (Phi) is 7.15. The molecule has 3 aliphatic carbocycles. The summed E-state index contributed by atoms with van der Waals surface area (Å²) in [6, 6.07) is 0.737. The van der Waals surface area contributed by atoms with Gasteiger partial charge in [0.05, 0.1) is 17.2 Å². The van der Waals surface area contributed by atoms with Crippen molar-refractivity contribution in [1.82, 2.24) is 9.80 Å². The maximum Gasteiger partial charge on any atom is 0.255 e. The number of hydrogen-bond donors (Lipinski definition) is 5. The van der Waals surface area contributed by atoms with Gasteiger partial charge in [0, 0.05) is 44.2 Å². The summed E-state index contributed by atoms with van der Waals surface area (Å²) in [5, 5.41) is 45.8.